The summed E-state index contributed by atoms with van der Waals surface area (Å²) in [5.41, 5.74) is 6.99. The SMILES string of the molecule is Cc1cnn(-c2ccc(N)cn2)n1. The molecule has 5 nitrogen and oxygen atoms in total. The molecule has 2 aromatic rings. The van der Waals surface area contributed by atoms with Crippen molar-refractivity contribution in [2.24, 2.45) is 0 Å². The fourth-order valence-electron chi connectivity index (χ4n) is 0.965. The Morgan fingerprint density at radius 3 is 2.69 bits per heavy atom. The first-order chi connectivity index (χ1) is 6.25. The van der Waals surface area contributed by atoms with Crippen molar-refractivity contribution in [3.63, 3.8) is 0 Å². The third kappa shape index (κ3) is 1.48. The van der Waals surface area contributed by atoms with Crippen LogP contribution in [0.3, 0.4) is 0 Å². The zero-order valence-electron chi connectivity index (χ0n) is 7.18. The summed E-state index contributed by atoms with van der Waals surface area (Å²) in [6.45, 7) is 1.88. The van der Waals surface area contributed by atoms with E-state index in [2.05, 4.69) is 15.2 Å². The van der Waals surface area contributed by atoms with Gasteiger partial charge in [0, 0.05) is 0 Å². The number of nitrogens with zero attached hydrogens (tertiary/aromatic N) is 4. The normalized spacial score (nSPS) is 10.2. The molecule has 0 amide bonds. The van der Waals surface area contributed by atoms with Crippen molar-refractivity contribution < 1.29 is 0 Å². The van der Waals surface area contributed by atoms with E-state index >= 15 is 0 Å². The van der Waals surface area contributed by atoms with Crippen molar-refractivity contribution in [1.29, 1.82) is 0 Å². The monoisotopic (exact) mass is 175 g/mol. The standard InChI is InChI=1S/C8H9N5/c1-6-4-11-13(12-6)8-3-2-7(9)5-10-8/h2-5H,9H2,1H3. The van der Waals surface area contributed by atoms with Gasteiger partial charge in [-0.2, -0.15) is 10.2 Å². The molecule has 0 aliphatic carbocycles. The van der Waals surface area contributed by atoms with E-state index in [1.807, 2.05) is 6.92 Å². The zero-order valence-corrected chi connectivity index (χ0v) is 7.18. The van der Waals surface area contributed by atoms with E-state index in [0.29, 0.717) is 11.5 Å². The van der Waals surface area contributed by atoms with E-state index in [1.165, 1.54) is 4.80 Å². The number of hydrogen-bond donors (Lipinski definition) is 1. The van der Waals surface area contributed by atoms with Crippen molar-refractivity contribution in [2.75, 3.05) is 5.73 Å². The lowest BCUT2D eigenvalue weighted by Gasteiger charge is -1.97. The molecule has 66 valence electrons. The molecule has 0 atom stereocenters. The van der Waals surface area contributed by atoms with Crippen molar-refractivity contribution in [3.05, 3.63) is 30.2 Å². The van der Waals surface area contributed by atoms with E-state index in [9.17, 15) is 0 Å². The van der Waals surface area contributed by atoms with Gasteiger partial charge in [0.2, 0.25) is 0 Å². The number of nitrogen functional groups attached to an aromatic ring is 1. The van der Waals surface area contributed by atoms with Gasteiger partial charge in [-0.05, 0) is 19.1 Å². The summed E-state index contributed by atoms with van der Waals surface area (Å²) in [6.07, 6.45) is 3.26. The van der Waals surface area contributed by atoms with Gasteiger partial charge >= 0.3 is 0 Å². The molecule has 0 fully saturated rings. The topological polar surface area (TPSA) is 69.6 Å². The van der Waals surface area contributed by atoms with E-state index in [-0.39, 0.29) is 0 Å². The maximum Gasteiger partial charge on any atom is 0.174 e. The van der Waals surface area contributed by atoms with Crippen LogP contribution in [-0.4, -0.2) is 20.0 Å². The van der Waals surface area contributed by atoms with Gasteiger partial charge in [-0.3, -0.25) is 0 Å². The minimum Gasteiger partial charge on any atom is -0.397 e. The average Bonchev–Trinajstić information content (AvgIpc) is 2.53. The molecule has 0 saturated carbocycles. The summed E-state index contributed by atoms with van der Waals surface area (Å²) in [7, 11) is 0. The summed E-state index contributed by atoms with van der Waals surface area (Å²) in [4.78, 5) is 5.54. The Morgan fingerprint density at radius 1 is 1.31 bits per heavy atom. The molecule has 2 rings (SSSR count). The van der Waals surface area contributed by atoms with Crippen LogP contribution in [-0.2, 0) is 0 Å². The second-order valence-electron chi connectivity index (χ2n) is 2.73. The lowest BCUT2D eigenvalue weighted by Crippen LogP contribution is -2.01. The molecule has 2 heterocycles. The summed E-state index contributed by atoms with van der Waals surface area (Å²) in [5, 5.41) is 8.13. The fourth-order valence-corrected chi connectivity index (χ4v) is 0.965. The molecule has 0 radical (unpaired) electrons. The number of anilines is 1. The Labute approximate surface area is 75.2 Å². The summed E-state index contributed by atoms with van der Waals surface area (Å²) in [5.74, 6) is 0.669. The highest BCUT2D eigenvalue weighted by Gasteiger charge is 1.99. The second-order valence-corrected chi connectivity index (χ2v) is 2.73. The molecule has 5 heteroatoms. The van der Waals surface area contributed by atoms with Gasteiger partial charge in [0.1, 0.15) is 0 Å². The highest BCUT2D eigenvalue weighted by Crippen LogP contribution is 2.04. The van der Waals surface area contributed by atoms with Gasteiger partial charge in [0.05, 0.1) is 23.8 Å². The Hall–Kier alpha value is -1.91. The lowest BCUT2D eigenvalue weighted by molar-refractivity contribution is 0.724. The molecule has 13 heavy (non-hydrogen) atoms. The largest absolute Gasteiger partial charge is 0.397 e. The molecule has 2 aromatic heterocycles. The van der Waals surface area contributed by atoms with Crippen LogP contribution in [0.4, 0.5) is 5.69 Å². The second kappa shape index (κ2) is 2.85. The predicted octanol–water partition coefficient (Wildman–Crippen LogP) is 0.553. The molecule has 0 aliphatic heterocycles. The third-order valence-corrected chi connectivity index (χ3v) is 1.58. The van der Waals surface area contributed by atoms with Gasteiger partial charge in [0.15, 0.2) is 5.82 Å². The number of hydrogen-bond acceptors (Lipinski definition) is 4. The van der Waals surface area contributed by atoms with Crippen molar-refractivity contribution in [1.82, 2.24) is 20.0 Å². The highest BCUT2D eigenvalue weighted by atomic mass is 15.5. The zero-order chi connectivity index (χ0) is 9.26. The molecule has 0 aliphatic rings. The predicted molar refractivity (Wildman–Crippen MR) is 48.3 cm³/mol. The first-order valence-electron chi connectivity index (χ1n) is 3.86. The number of rotatable bonds is 1. The Bertz CT molecular complexity index is 403. The molecular formula is C8H9N5. The molecule has 0 aromatic carbocycles. The van der Waals surface area contributed by atoms with Crippen molar-refractivity contribution in [3.8, 4) is 5.82 Å². The summed E-state index contributed by atoms with van der Waals surface area (Å²) in [6, 6.07) is 3.54. The molecular weight excluding hydrogens is 166 g/mol. The molecule has 0 bridgehead atoms. The van der Waals surface area contributed by atoms with Gasteiger partial charge in [-0.15, -0.1) is 4.80 Å². The maximum absolute atomic E-state index is 5.50. The number of aryl methyl sites for hydroxylation is 1. The number of nitrogens with two attached hydrogens (primary N) is 1. The Balaban J connectivity index is 2.41. The molecule has 0 unspecified atom stereocenters. The Morgan fingerprint density at radius 2 is 2.15 bits per heavy atom. The quantitative estimate of drug-likeness (QED) is 0.687. The average molecular weight is 175 g/mol. The van der Waals surface area contributed by atoms with E-state index in [0.717, 1.165) is 5.69 Å². The highest BCUT2D eigenvalue weighted by molar-refractivity contribution is 5.37. The van der Waals surface area contributed by atoms with Gasteiger partial charge in [0.25, 0.3) is 0 Å². The van der Waals surface area contributed by atoms with E-state index in [4.69, 9.17) is 5.73 Å². The van der Waals surface area contributed by atoms with Gasteiger partial charge < -0.3 is 5.73 Å². The van der Waals surface area contributed by atoms with Crippen LogP contribution in [0.5, 0.6) is 0 Å². The fraction of sp³-hybridized carbons (Fsp3) is 0.125. The van der Waals surface area contributed by atoms with Crippen LogP contribution >= 0.6 is 0 Å². The minimum atomic E-state index is 0.632. The van der Waals surface area contributed by atoms with Gasteiger partial charge in [-0.25, -0.2) is 4.98 Å². The number of pyridine rings is 1. The van der Waals surface area contributed by atoms with Crippen LogP contribution in [0, 0.1) is 6.92 Å². The molecule has 0 spiro atoms. The van der Waals surface area contributed by atoms with Crippen molar-refractivity contribution >= 4 is 5.69 Å². The first-order valence-corrected chi connectivity index (χ1v) is 3.86. The molecule has 0 saturated heterocycles. The lowest BCUT2D eigenvalue weighted by atomic mass is 10.4. The minimum absolute atomic E-state index is 0.632. The molecule has 2 N–H and O–H groups in total. The first kappa shape index (κ1) is 7.72. The van der Waals surface area contributed by atoms with E-state index < -0.39 is 0 Å². The van der Waals surface area contributed by atoms with Crippen LogP contribution in [0.25, 0.3) is 5.82 Å². The number of aromatic nitrogens is 4. The Kier molecular flexibility index (Phi) is 1.70. The van der Waals surface area contributed by atoms with Crippen LogP contribution in [0.1, 0.15) is 5.69 Å². The van der Waals surface area contributed by atoms with E-state index in [1.54, 1.807) is 24.5 Å². The summed E-state index contributed by atoms with van der Waals surface area (Å²) < 4.78 is 0. The smallest absolute Gasteiger partial charge is 0.174 e. The maximum atomic E-state index is 5.50. The van der Waals surface area contributed by atoms with Crippen LogP contribution < -0.4 is 5.73 Å². The summed E-state index contributed by atoms with van der Waals surface area (Å²) >= 11 is 0. The van der Waals surface area contributed by atoms with Crippen LogP contribution in [0.15, 0.2) is 24.5 Å². The van der Waals surface area contributed by atoms with Crippen LogP contribution in [0.2, 0.25) is 0 Å². The van der Waals surface area contributed by atoms with Gasteiger partial charge in [-0.1, -0.05) is 0 Å². The van der Waals surface area contributed by atoms with Crippen molar-refractivity contribution in [2.45, 2.75) is 6.92 Å². The third-order valence-electron chi connectivity index (χ3n) is 1.58.